The molecule has 2 fully saturated rings. The third-order valence-electron chi connectivity index (χ3n) is 4.34. The highest BCUT2D eigenvalue weighted by molar-refractivity contribution is 7.13. The third kappa shape index (κ3) is 4.35. The molecule has 1 atom stereocenters. The number of aromatic nitrogens is 1. The summed E-state index contributed by atoms with van der Waals surface area (Å²) in [4.78, 5) is 14.0. The number of nitrogens with zero attached hydrogens (tertiary/aromatic N) is 4. The number of nitrogens with one attached hydrogen (secondary N) is 1. The number of β-amino-alcohol motifs (C(OH)–C–C–N with tert-alkyl or cyclic N) is 1. The molecular weight excluding hydrogens is 310 g/mol. The van der Waals surface area contributed by atoms with Crippen molar-refractivity contribution < 1.29 is 5.11 Å². The van der Waals surface area contributed by atoms with Crippen LogP contribution in [-0.4, -0.2) is 66.3 Å². The van der Waals surface area contributed by atoms with Crippen LogP contribution in [0.5, 0.6) is 0 Å². The Bertz CT molecular complexity index is 526. The number of anilines is 1. The van der Waals surface area contributed by atoms with Gasteiger partial charge in [0.25, 0.3) is 0 Å². The van der Waals surface area contributed by atoms with Gasteiger partial charge in [-0.05, 0) is 26.2 Å². The van der Waals surface area contributed by atoms with Gasteiger partial charge in [-0.2, -0.15) is 0 Å². The van der Waals surface area contributed by atoms with Gasteiger partial charge in [-0.25, -0.2) is 4.98 Å². The monoisotopic (exact) mass is 337 g/mol. The van der Waals surface area contributed by atoms with Crippen LogP contribution in [0.3, 0.4) is 0 Å². The molecule has 0 radical (unpaired) electrons. The fourth-order valence-corrected chi connectivity index (χ4v) is 4.01. The number of guanidine groups is 1. The van der Waals surface area contributed by atoms with E-state index in [4.69, 9.17) is 9.98 Å². The Balaban J connectivity index is 1.53. The number of rotatable bonds is 5. The predicted octanol–water partition coefficient (Wildman–Crippen LogP) is 1.32. The maximum atomic E-state index is 9.69. The van der Waals surface area contributed by atoms with E-state index in [1.807, 2.05) is 0 Å². The molecule has 1 aromatic rings. The highest BCUT2D eigenvalue weighted by atomic mass is 32.1. The molecular formula is C16H27N5OS. The SMILES string of the molecule is CCNC(=NCCc1csc(N2CCCC2)n1)N1CC[C@@H](O)C1. The molecule has 0 saturated carbocycles. The summed E-state index contributed by atoms with van der Waals surface area (Å²) in [7, 11) is 0. The maximum absolute atomic E-state index is 9.69. The van der Waals surface area contributed by atoms with E-state index >= 15 is 0 Å². The van der Waals surface area contributed by atoms with Crippen molar-refractivity contribution in [3.05, 3.63) is 11.1 Å². The van der Waals surface area contributed by atoms with Crippen LogP contribution < -0.4 is 10.2 Å². The number of hydrogen-bond acceptors (Lipinski definition) is 5. The van der Waals surface area contributed by atoms with Crippen LogP contribution in [0.1, 0.15) is 31.9 Å². The van der Waals surface area contributed by atoms with Crippen LogP contribution in [0.15, 0.2) is 10.4 Å². The molecule has 0 unspecified atom stereocenters. The van der Waals surface area contributed by atoms with E-state index in [1.54, 1.807) is 11.3 Å². The molecule has 0 aromatic carbocycles. The van der Waals surface area contributed by atoms with E-state index in [9.17, 15) is 5.11 Å². The first-order valence-corrected chi connectivity index (χ1v) is 9.55. The molecule has 0 spiro atoms. The Morgan fingerprint density at radius 1 is 1.43 bits per heavy atom. The van der Waals surface area contributed by atoms with Gasteiger partial charge in [0.05, 0.1) is 11.8 Å². The Morgan fingerprint density at radius 3 is 2.96 bits per heavy atom. The van der Waals surface area contributed by atoms with Crippen LogP contribution in [0.4, 0.5) is 5.13 Å². The Labute approximate surface area is 142 Å². The molecule has 128 valence electrons. The van der Waals surface area contributed by atoms with Crippen LogP contribution in [0, 0.1) is 0 Å². The molecule has 7 heteroatoms. The number of aliphatic hydroxyl groups is 1. The normalized spacial score (nSPS) is 22.2. The average Bonchev–Trinajstić information content (AvgIpc) is 3.27. The average molecular weight is 337 g/mol. The highest BCUT2D eigenvalue weighted by Gasteiger charge is 2.22. The van der Waals surface area contributed by atoms with Gasteiger partial charge in [0.15, 0.2) is 11.1 Å². The van der Waals surface area contributed by atoms with Gasteiger partial charge >= 0.3 is 0 Å². The van der Waals surface area contributed by atoms with Crippen molar-refractivity contribution in [1.29, 1.82) is 0 Å². The van der Waals surface area contributed by atoms with Gasteiger partial charge in [0, 0.05) is 51.1 Å². The van der Waals surface area contributed by atoms with Gasteiger partial charge in [0.2, 0.25) is 0 Å². The van der Waals surface area contributed by atoms with Gasteiger partial charge in [0.1, 0.15) is 0 Å². The van der Waals surface area contributed by atoms with Crippen LogP contribution in [0.2, 0.25) is 0 Å². The summed E-state index contributed by atoms with van der Waals surface area (Å²) in [5.74, 6) is 0.916. The van der Waals surface area contributed by atoms with Gasteiger partial charge in [-0.15, -0.1) is 11.3 Å². The molecule has 6 nitrogen and oxygen atoms in total. The van der Waals surface area contributed by atoms with E-state index in [0.717, 1.165) is 62.4 Å². The van der Waals surface area contributed by atoms with Crippen LogP contribution >= 0.6 is 11.3 Å². The number of aliphatic hydroxyl groups excluding tert-OH is 1. The molecule has 2 aliphatic heterocycles. The first kappa shape index (κ1) is 16.5. The van der Waals surface area contributed by atoms with Gasteiger partial charge < -0.3 is 20.2 Å². The summed E-state index contributed by atoms with van der Waals surface area (Å²) in [5, 5.41) is 16.3. The molecule has 2 N–H and O–H groups in total. The fraction of sp³-hybridized carbons (Fsp3) is 0.750. The second-order valence-corrected chi connectivity index (χ2v) is 7.03. The number of likely N-dealkylation sites (tertiary alicyclic amines) is 1. The second-order valence-electron chi connectivity index (χ2n) is 6.19. The molecule has 0 bridgehead atoms. The smallest absolute Gasteiger partial charge is 0.194 e. The van der Waals surface area contributed by atoms with E-state index in [-0.39, 0.29) is 6.10 Å². The topological polar surface area (TPSA) is 64.0 Å². The zero-order chi connectivity index (χ0) is 16.1. The number of thiazole rings is 1. The third-order valence-corrected chi connectivity index (χ3v) is 5.29. The molecule has 3 rings (SSSR count). The standard InChI is InChI=1S/C16H27N5OS/c1-2-17-15(21-10-6-14(22)11-21)18-7-5-13-12-23-16(19-13)20-8-3-4-9-20/h12,14,22H,2-11H2,1H3,(H,17,18)/t14-/m1/s1. The Kier molecular flexibility index (Phi) is 5.72. The largest absolute Gasteiger partial charge is 0.391 e. The predicted molar refractivity (Wildman–Crippen MR) is 95.4 cm³/mol. The minimum Gasteiger partial charge on any atom is -0.391 e. The molecule has 23 heavy (non-hydrogen) atoms. The summed E-state index contributed by atoms with van der Waals surface area (Å²) in [6.07, 6.45) is 4.05. The van der Waals surface area contributed by atoms with Crippen molar-refractivity contribution >= 4 is 22.4 Å². The number of aliphatic imine (C=N–C) groups is 1. The summed E-state index contributed by atoms with van der Waals surface area (Å²) in [5.41, 5.74) is 1.14. The lowest BCUT2D eigenvalue weighted by Crippen LogP contribution is -2.40. The molecule has 2 aliphatic rings. The fourth-order valence-electron chi connectivity index (χ4n) is 3.10. The minimum absolute atomic E-state index is 0.222. The van der Waals surface area contributed by atoms with Gasteiger partial charge in [-0.3, -0.25) is 4.99 Å². The van der Waals surface area contributed by atoms with Gasteiger partial charge in [-0.1, -0.05) is 0 Å². The zero-order valence-electron chi connectivity index (χ0n) is 13.9. The first-order valence-electron chi connectivity index (χ1n) is 8.67. The maximum Gasteiger partial charge on any atom is 0.194 e. The van der Waals surface area contributed by atoms with E-state index in [0.29, 0.717) is 6.54 Å². The minimum atomic E-state index is -0.222. The lowest BCUT2D eigenvalue weighted by Gasteiger charge is -2.20. The van der Waals surface area contributed by atoms with Crippen molar-refractivity contribution in [2.75, 3.05) is 44.2 Å². The highest BCUT2D eigenvalue weighted by Crippen LogP contribution is 2.24. The molecule has 2 saturated heterocycles. The van der Waals surface area contributed by atoms with Crippen molar-refractivity contribution in [3.8, 4) is 0 Å². The zero-order valence-corrected chi connectivity index (χ0v) is 14.7. The Morgan fingerprint density at radius 2 is 2.26 bits per heavy atom. The molecule has 0 amide bonds. The summed E-state index contributed by atoms with van der Waals surface area (Å²) < 4.78 is 0. The van der Waals surface area contributed by atoms with E-state index < -0.39 is 0 Å². The van der Waals surface area contributed by atoms with E-state index in [2.05, 4.69) is 27.4 Å². The summed E-state index contributed by atoms with van der Waals surface area (Å²) in [6.45, 7) is 7.51. The van der Waals surface area contributed by atoms with Crippen molar-refractivity contribution in [2.45, 2.75) is 38.7 Å². The molecule has 1 aromatic heterocycles. The lowest BCUT2D eigenvalue weighted by molar-refractivity contribution is 0.188. The summed E-state index contributed by atoms with van der Waals surface area (Å²) in [6, 6.07) is 0. The van der Waals surface area contributed by atoms with E-state index in [1.165, 1.54) is 12.8 Å². The molecule has 0 aliphatic carbocycles. The second kappa shape index (κ2) is 7.97. The van der Waals surface area contributed by atoms with Crippen molar-refractivity contribution in [1.82, 2.24) is 15.2 Å². The quantitative estimate of drug-likeness (QED) is 0.627. The Hall–Kier alpha value is -1.34. The summed E-state index contributed by atoms with van der Waals surface area (Å²) >= 11 is 1.75. The first-order chi connectivity index (χ1) is 11.3. The molecule has 3 heterocycles. The van der Waals surface area contributed by atoms with Crippen LogP contribution in [-0.2, 0) is 6.42 Å². The van der Waals surface area contributed by atoms with Crippen molar-refractivity contribution in [2.24, 2.45) is 4.99 Å². The van der Waals surface area contributed by atoms with Crippen LogP contribution in [0.25, 0.3) is 0 Å². The lowest BCUT2D eigenvalue weighted by atomic mass is 10.3. The van der Waals surface area contributed by atoms with Crippen molar-refractivity contribution in [3.63, 3.8) is 0 Å². The number of hydrogen-bond donors (Lipinski definition) is 2.